The molecule has 9 heteroatoms. The topological polar surface area (TPSA) is 109 Å². The zero-order chi connectivity index (χ0) is 22.1. The van der Waals surface area contributed by atoms with Crippen LogP contribution >= 0.6 is 0 Å². The zero-order valence-corrected chi connectivity index (χ0v) is 17.6. The first-order valence-electron chi connectivity index (χ1n) is 9.76. The normalized spacial score (nSPS) is 11.5. The van der Waals surface area contributed by atoms with Gasteiger partial charge < -0.3 is 0 Å². The average Bonchev–Trinajstić information content (AvgIpc) is 3.47. The van der Waals surface area contributed by atoms with Crippen molar-refractivity contribution < 1.29 is 8.42 Å². The molecule has 2 heterocycles. The molecule has 0 aliphatic heterocycles. The maximum absolute atomic E-state index is 12.2. The van der Waals surface area contributed by atoms with Gasteiger partial charge in [0.05, 0.1) is 29.0 Å². The van der Waals surface area contributed by atoms with Gasteiger partial charge in [-0.05, 0) is 30.3 Å². The quantitative estimate of drug-likeness (QED) is 0.449. The highest BCUT2D eigenvalue weighted by Gasteiger charge is 2.21. The summed E-state index contributed by atoms with van der Waals surface area (Å²) in [4.78, 5) is 1.49. The zero-order valence-electron chi connectivity index (χ0n) is 16.8. The Morgan fingerprint density at radius 2 is 1.41 bits per heavy atom. The Hall–Kier alpha value is -4.08. The highest BCUT2D eigenvalue weighted by molar-refractivity contribution is 7.89. The highest BCUT2D eigenvalue weighted by atomic mass is 32.2. The van der Waals surface area contributed by atoms with Gasteiger partial charge in [0.25, 0.3) is 0 Å². The SMILES string of the molecule is NS(=O)(=O)c1ccccc1-n1nc(-c2ccccc2)cc1-c1cnn(-c2ccccc2)n1. The van der Waals surface area contributed by atoms with Gasteiger partial charge in [0, 0.05) is 5.56 Å². The molecule has 5 rings (SSSR count). The fraction of sp³-hybridized carbons (Fsp3) is 0. The van der Waals surface area contributed by atoms with E-state index in [2.05, 4.69) is 10.2 Å². The molecule has 0 aliphatic carbocycles. The second-order valence-corrected chi connectivity index (χ2v) is 8.59. The molecule has 32 heavy (non-hydrogen) atoms. The van der Waals surface area contributed by atoms with Crippen molar-refractivity contribution in [1.82, 2.24) is 24.8 Å². The number of hydrogen-bond donors (Lipinski definition) is 1. The van der Waals surface area contributed by atoms with Crippen LogP contribution in [0.15, 0.2) is 102 Å². The number of rotatable bonds is 5. The molecule has 0 aliphatic rings. The van der Waals surface area contributed by atoms with E-state index in [1.165, 1.54) is 10.9 Å². The molecule has 2 N–H and O–H groups in total. The number of benzene rings is 3. The van der Waals surface area contributed by atoms with Crippen molar-refractivity contribution in [2.75, 3.05) is 0 Å². The predicted octanol–water partition coefficient (Wildman–Crippen LogP) is 3.43. The summed E-state index contributed by atoms with van der Waals surface area (Å²) in [6.45, 7) is 0. The Balaban J connectivity index is 1.72. The first kappa shape index (κ1) is 19.9. The lowest BCUT2D eigenvalue weighted by Gasteiger charge is -2.10. The molecule has 3 aromatic carbocycles. The predicted molar refractivity (Wildman–Crippen MR) is 121 cm³/mol. The minimum absolute atomic E-state index is 0.0283. The van der Waals surface area contributed by atoms with Crippen LogP contribution < -0.4 is 5.14 Å². The Morgan fingerprint density at radius 1 is 0.750 bits per heavy atom. The lowest BCUT2D eigenvalue weighted by Crippen LogP contribution is -2.16. The van der Waals surface area contributed by atoms with Crippen molar-refractivity contribution in [1.29, 1.82) is 0 Å². The van der Waals surface area contributed by atoms with E-state index in [0.29, 0.717) is 22.8 Å². The van der Waals surface area contributed by atoms with Crippen LogP contribution in [0.25, 0.3) is 34.0 Å². The molecular formula is C23H18N6O2S. The Morgan fingerprint density at radius 3 is 2.12 bits per heavy atom. The van der Waals surface area contributed by atoms with Gasteiger partial charge in [0.15, 0.2) is 0 Å². The maximum atomic E-state index is 12.2. The van der Waals surface area contributed by atoms with Gasteiger partial charge >= 0.3 is 0 Å². The van der Waals surface area contributed by atoms with Crippen LogP contribution in [0.3, 0.4) is 0 Å². The number of nitrogens with two attached hydrogens (primary N) is 1. The molecule has 0 amide bonds. The first-order valence-corrected chi connectivity index (χ1v) is 11.3. The summed E-state index contributed by atoms with van der Waals surface area (Å²) in [5.41, 5.74) is 3.81. The second-order valence-electron chi connectivity index (χ2n) is 7.06. The lowest BCUT2D eigenvalue weighted by atomic mass is 10.1. The molecule has 158 valence electrons. The van der Waals surface area contributed by atoms with E-state index in [1.54, 1.807) is 29.1 Å². The third kappa shape index (κ3) is 3.70. The van der Waals surface area contributed by atoms with Crippen LogP contribution in [0, 0.1) is 0 Å². The molecule has 2 aromatic heterocycles. The van der Waals surface area contributed by atoms with Crippen molar-refractivity contribution >= 4 is 10.0 Å². The fourth-order valence-electron chi connectivity index (χ4n) is 3.44. The van der Waals surface area contributed by atoms with Gasteiger partial charge in [-0.15, -0.1) is 5.10 Å². The molecule has 0 saturated heterocycles. The van der Waals surface area contributed by atoms with Crippen LogP contribution in [0.5, 0.6) is 0 Å². The summed E-state index contributed by atoms with van der Waals surface area (Å²) in [6, 6.07) is 27.5. The third-order valence-electron chi connectivity index (χ3n) is 4.92. The standard InChI is InChI=1S/C23H18N6O2S/c24-32(30,31)23-14-8-7-13-21(23)28-22(15-19(26-28)17-9-3-1-4-10-17)20-16-25-29(27-20)18-11-5-2-6-12-18/h1-16H,(H2,24,30,31). The van der Waals surface area contributed by atoms with Gasteiger partial charge in [0.2, 0.25) is 10.0 Å². The summed E-state index contributed by atoms with van der Waals surface area (Å²) >= 11 is 0. The van der Waals surface area contributed by atoms with E-state index >= 15 is 0 Å². The van der Waals surface area contributed by atoms with Crippen molar-refractivity contribution in [3.8, 4) is 34.0 Å². The Bertz CT molecular complexity index is 1490. The summed E-state index contributed by atoms with van der Waals surface area (Å²) < 4.78 is 26.0. The van der Waals surface area contributed by atoms with Crippen LogP contribution in [0.1, 0.15) is 0 Å². The molecular weight excluding hydrogens is 424 g/mol. The summed E-state index contributed by atoms with van der Waals surface area (Å²) in [5.74, 6) is 0. The second kappa shape index (κ2) is 7.88. The van der Waals surface area contributed by atoms with Gasteiger partial charge in [-0.2, -0.15) is 15.0 Å². The van der Waals surface area contributed by atoms with Gasteiger partial charge in [-0.3, -0.25) is 0 Å². The van der Waals surface area contributed by atoms with Crippen molar-refractivity contribution in [2.45, 2.75) is 4.90 Å². The van der Waals surface area contributed by atoms with Crippen LogP contribution in [0.4, 0.5) is 0 Å². The van der Waals surface area contributed by atoms with Crippen LogP contribution in [-0.4, -0.2) is 33.2 Å². The number of nitrogens with zero attached hydrogens (tertiary/aromatic N) is 5. The fourth-order valence-corrected chi connectivity index (χ4v) is 4.15. The molecule has 0 spiro atoms. The monoisotopic (exact) mass is 442 g/mol. The third-order valence-corrected chi connectivity index (χ3v) is 5.88. The largest absolute Gasteiger partial charge is 0.240 e. The van der Waals surface area contributed by atoms with E-state index in [4.69, 9.17) is 10.2 Å². The molecule has 5 aromatic rings. The molecule has 0 unspecified atom stereocenters. The minimum atomic E-state index is -3.98. The van der Waals surface area contributed by atoms with Crippen molar-refractivity contribution in [3.63, 3.8) is 0 Å². The van der Waals surface area contributed by atoms with Crippen molar-refractivity contribution in [2.24, 2.45) is 5.14 Å². The summed E-state index contributed by atoms with van der Waals surface area (Å²) in [5, 5.41) is 19.2. The smallest absolute Gasteiger partial charge is 0.229 e. The van der Waals surface area contributed by atoms with Gasteiger partial charge in [-0.1, -0.05) is 60.7 Å². The average molecular weight is 443 g/mol. The molecule has 0 radical (unpaired) electrons. The summed E-state index contributed by atoms with van der Waals surface area (Å²) in [7, 11) is -3.98. The number of primary sulfonamides is 1. The number of hydrogen-bond acceptors (Lipinski definition) is 5. The number of para-hydroxylation sites is 2. The highest BCUT2D eigenvalue weighted by Crippen LogP contribution is 2.30. The van der Waals surface area contributed by atoms with Gasteiger partial charge in [0.1, 0.15) is 10.6 Å². The lowest BCUT2D eigenvalue weighted by molar-refractivity contribution is 0.596. The molecule has 0 atom stereocenters. The van der Waals surface area contributed by atoms with E-state index in [9.17, 15) is 8.42 Å². The molecule has 0 saturated carbocycles. The van der Waals surface area contributed by atoms with Gasteiger partial charge in [-0.25, -0.2) is 18.2 Å². The molecule has 0 fully saturated rings. The minimum Gasteiger partial charge on any atom is -0.229 e. The van der Waals surface area contributed by atoms with E-state index in [-0.39, 0.29) is 4.90 Å². The Labute approximate surface area is 184 Å². The van der Waals surface area contributed by atoms with E-state index in [1.807, 2.05) is 66.7 Å². The molecule has 0 bridgehead atoms. The van der Waals surface area contributed by atoms with E-state index in [0.717, 1.165) is 11.3 Å². The van der Waals surface area contributed by atoms with E-state index < -0.39 is 10.0 Å². The number of sulfonamides is 1. The molecule has 8 nitrogen and oxygen atoms in total. The first-order chi connectivity index (χ1) is 15.5. The Kier molecular flexibility index (Phi) is 4.89. The maximum Gasteiger partial charge on any atom is 0.240 e. The summed E-state index contributed by atoms with van der Waals surface area (Å²) in [6.07, 6.45) is 1.62. The van der Waals surface area contributed by atoms with Crippen LogP contribution in [-0.2, 0) is 10.0 Å². The number of aromatic nitrogens is 5. The van der Waals surface area contributed by atoms with Crippen LogP contribution in [0.2, 0.25) is 0 Å². The van der Waals surface area contributed by atoms with Crippen molar-refractivity contribution in [3.05, 3.63) is 97.2 Å².